The summed E-state index contributed by atoms with van der Waals surface area (Å²) in [5.41, 5.74) is 9.86. The first kappa shape index (κ1) is 14.6. The predicted octanol–water partition coefficient (Wildman–Crippen LogP) is 4.16. The van der Waals surface area contributed by atoms with Crippen LogP contribution in [-0.2, 0) is 0 Å². The van der Waals surface area contributed by atoms with Gasteiger partial charge in [0.2, 0.25) is 0 Å². The summed E-state index contributed by atoms with van der Waals surface area (Å²) in [6.45, 7) is 6.26. The number of nitrogens with two attached hydrogens (primary N) is 1. The van der Waals surface area contributed by atoms with Gasteiger partial charge in [-0.1, -0.05) is 43.3 Å². The molecule has 0 aliphatic carbocycles. The molecule has 0 amide bonds. The quantitative estimate of drug-likeness (QED) is 0.884. The Bertz CT molecular complexity index is 565. The number of benzene rings is 2. The Morgan fingerprint density at radius 2 is 1.80 bits per heavy atom. The Balaban J connectivity index is 2.32. The van der Waals surface area contributed by atoms with Crippen LogP contribution >= 0.6 is 0 Å². The minimum absolute atomic E-state index is 0.0170. The second-order valence-corrected chi connectivity index (χ2v) is 5.28. The van der Waals surface area contributed by atoms with Crippen LogP contribution in [0.15, 0.2) is 48.5 Å². The molecule has 2 rings (SSSR count). The van der Waals surface area contributed by atoms with Crippen LogP contribution in [-0.4, -0.2) is 6.04 Å². The molecular formula is C18H23NO. The average Bonchev–Trinajstić information content (AvgIpc) is 2.45. The molecule has 0 radical (unpaired) electrons. The van der Waals surface area contributed by atoms with E-state index in [9.17, 15) is 0 Å². The minimum atomic E-state index is -0.108. The summed E-state index contributed by atoms with van der Waals surface area (Å²) in [6.07, 6.45) is 0.771. The Morgan fingerprint density at radius 1 is 1.05 bits per heavy atom. The zero-order valence-electron chi connectivity index (χ0n) is 12.5. The summed E-state index contributed by atoms with van der Waals surface area (Å²) in [5.74, 6) is 0.877. The highest BCUT2D eigenvalue weighted by Crippen LogP contribution is 2.28. The zero-order valence-corrected chi connectivity index (χ0v) is 12.5. The maximum Gasteiger partial charge on any atom is 0.139 e. The third-order valence-electron chi connectivity index (χ3n) is 3.61. The maximum absolute atomic E-state index is 6.28. The van der Waals surface area contributed by atoms with Gasteiger partial charge < -0.3 is 10.5 Å². The molecule has 2 unspecified atom stereocenters. The third kappa shape index (κ3) is 3.40. The van der Waals surface area contributed by atoms with E-state index in [1.807, 2.05) is 30.3 Å². The first-order valence-corrected chi connectivity index (χ1v) is 7.16. The van der Waals surface area contributed by atoms with Crippen molar-refractivity contribution < 1.29 is 4.74 Å². The van der Waals surface area contributed by atoms with E-state index >= 15 is 0 Å². The molecule has 2 N–H and O–H groups in total. The number of hydrogen-bond donors (Lipinski definition) is 1. The van der Waals surface area contributed by atoms with Gasteiger partial charge in [0.25, 0.3) is 0 Å². The molecular weight excluding hydrogens is 246 g/mol. The van der Waals surface area contributed by atoms with Crippen molar-refractivity contribution in [3.8, 4) is 5.75 Å². The fourth-order valence-electron chi connectivity index (χ4n) is 2.34. The van der Waals surface area contributed by atoms with E-state index in [4.69, 9.17) is 10.5 Å². The fourth-order valence-corrected chi connectivity index (χ4v) is 2.34. The molecule has 2 atom stereocenters. The predicted molar refractivity (Wildman–Crippen MR) is 84.0 cm³/mol. The largest absolute Gasteiger partial charge is 0.484 e. The van der Waals surface area contributed by atoms with Gasteiger partial charge in [-0.05, 0) is 49.1 Å². The molecule has 2 aromatic rings. The van der Waals surface area contributed by atoms with Gasteiger partial charge in [0.1, 0.15) is 11.9 Å². The summed E-state index contributed by atoms with van der Waals surface area (Å²) in [6, 6.07) is 16.4. The van der Waals surface area contributed by atoms with E-state index < -0.39 is 0 Å². The number of hydrogen-bond acceptors (Lipinski definition) is 2. The van der Waals surface area contributed by atoms with E-state index in [1.54, 1.807) is 0 Å². The highest BCUT2D eigenvalue weighted by molar-refractivity contribution is 5.32. The van der Waals surface area contributed by atoms with E-state index in [2.05, 4.69) is 39.0 Å². The van der Waals surface area contributed by atoms with Crippen LogP contribution in [0.2, 0.25) is 0 Å². The van der Waals surface area contributed by atoms with Gasteiger partial charge in [0, 0.05) is 6.04 Å². The molecule has 0 aliphatic rings. The van der Waals surface area contributed by atoms with Crippen molar-refractivity contribution in [3.05, 3.63) is 65.2 Å². The molecule has 2 nitrogen and oxygen atoms in total. The van der Waals surface area contributed by atoms with Gasteiger partial charge in [0.15, 0.2) is 0 Å². The topological polar surface area (TPSA) is 35.2 Å². The third-order valence-corrected chi connectivity index (χ3v) is 3.61. The van der Waals surface area contributed by atoms with Crippen LogP contribution in [0.4, 0.5) is 0 Å². The molecule has 106 valence electrons. The Hall–Kier alpha value is -1.80. The summed E-state index contributed by atoms with van der Waals surface area (Å²) in [7, 11) is 0. The molecule has 0 bridgehead atoms. The van der Waals surface area contributed by atoms with Gasteiger partial charge >= 0.3 is 0 Å². The average molecular weight is 269 g/mol. The summed E-state index contributed by atoms with van der Waals surface area (Å²) < 4.78 is 6.19. The van der Waals surface area contributed by atoms with Crippen molar-refractivity contribution in [3.63, 3.8) is 0 Å². The first-order chi connectivity index (χ1) is 9.61. The van der Waals surface area contributed by atoms with Crippen LogP contribution in [0.3, 0.4) is 0 Å². The second-order valence-electron chi connectivity index (χ2n) is 5.28. The van der Waals surface area contributed by atoms with Crippen LogP contribution in [0, 0.1) is 13.8 Å². The van der Waals surface area contributed by atoms with Gasteiger partial charge in [-0.15, -0.1) is 0 Å². The van der Waals surface area contributed by atoms with Crippen LogP contribution in [0.1, 0.15) is 36.1 Å². The maximum atomic E-state index is 6.28. The standard InChI is InChI=1S/C18H23NO/c1-4-17(19)18(16-11-6-5-9-14(16)3)20-15-10-7-8-13(2)12-15/h5-12,17-18H,4,19H2,1-3H3. The molecule has 0 heterocycles. The first-order valence-electron chi connectivity index (χ1n) is 7.16. The van der Waals surface area contributed by atoms with Gasteiger partial charge in [-0.3, -0.25) is 0 Å². The molecule has 0 aliphatic heterocycles. The number of aryl methyl sites for hydroxylation is 2. The molecule has 0 spiro atoms. The lowest BCUT2D eigenvalue weighted by atomic mass is 9.96. The van der Waals surface area contributed by atoms with Crippen LogP contribution < -0.4 is 10.5 Å². The summed E-state index contributed by atoms with van der Waals surface area (Å²) in [4.78, 5) is 0. The van der Waals surface area contributed by atoms with Gasteiger partial charge in [-0.2, -0.15) is 0 Å². The van der Waals surface area contributed by atoms with E-state index in [0.717, 1.165) is 12.2 Å². The van der Waals surface area contributed by atoms with Crippen molar-refractivity contribution in [2.24, 2.45) is 5.73 Å². The number of rotatable bonds is 5. The molecule has 0 saturated heterocycles. The van der Waals surface area contributed by atoms with Crippen molar-refractivity contribution in [1.82, 2.24) is 0 Å². The van der Waals surface area contributed by atoms with Gasteiger partial charge in [0.05, 0.1) is 0 Å². The molecule has 2 heteroatoms. The Kier molecular flexibility index (Phi) is 4.80. The lowest BCUT2D eigenvalue weighted by Gasteiger charge is -2.26. The summed E-state index contributed by atoms with van der Waals surface area (Å²) >= 11 is 0. The number of ether oxygens (including phenoxy) is 1. The minimum Gasteiger partial charge on any atom is -0.484 e. The summed E-state index contributed by atoms with van der Waals surface area (Å²) in [5, 5.41) is 0. The monoisotopic (exact) mass is 269 g/mol. The molecule has 0 saturated carbocycles. The highest BCUT2D eigenvalue weighted by Gasteiger charge is 2.22. The molecule has 2 aromatic carbocycles. The molecule has 20 heavy (non-hydrogen) atoms. The SMILES string of the molecule is CCC(N)C(Oc1cccc(C)c1)c1ccccc1C. The van der Waals surface area contributed by atoms with E-state index in [-0.39, 0.29) is 12.1 Å². The normalized spacial score (nSPS) is 13.8. The fraction of sp³-hybridized carbons (Fsp3) is 0.333. The van der Waals surface area contributed by atoms with Crippen molar-refractivity contribution in [1.29, 1.82) is 0 Å². The van der Waals surface area contributed by atoms with Crippen molar-refractivity contribution in [2.75, 3.05) is 0 Å². The Morgan fingerprint density at radius 3 is 2.45 bits per heavy atom. The zero-order chi connectivity index (χ0) is 14.5. The van der Waals surface area contributed by atoms with E-state index in [0.29, 0.717) is 0 Å². The second kappa shape index (κ2) is 6.58. The molecule has 0 aromatic heterocycles. The highest BCUT2D eigenvalue weighted by atomic mass is 16.5. The van der Waals surface area contributed by atoms with E-state index in [1.165, 1.54) is 16.7 Å². The lowest BCUT2D eigenvalue weighted by molar-refractivity contribution is 0.170. The van der Waals surface area contributed by atoms with Crippen LogP contribution in [0.25, 0.3) is 0 Å². The Labute approximate surface area is 121 Å². The molecule has 0 fully saturated rings. The smallest absolute Gasteiger partial charge is 0.139 e. The lowest BCUT2D eigenvalue weighted by Crippen LogP contribution is -2.32. The van der Waals surface area contributed by atoms with Gasteiger partial charge in [-0.25, -0.2) is 0 Å². The van der Waals surface area contributed by atoms with Crippen molar-refractivity contribution in [2.45, 2.75) is 39.3 Å². The van der Waals surface area contributed by atoms with Crippen molar-refractivity contribution >= 4 is 0 Å². The van der Waals surface area contributed by atoms with Crippen LogP contribution in [0.5, 0.6) is 5.75 Å².